The Morgan fingerprint density at radius 2 is 1.61 bits per heavy atom. The Labute approximate surface area is 169 Å². The smallest absolute Gasteiger partial charge is 0.263 e. The topological polar surface area (TPSA) is 87.2 Å². The van der Waals surface area contributed by atoms with Crippen LogP contribution in [0.15, 0.2) is 59.5 Å². The first-order valence-corrected chi connectivity index (χ1v) is 10.3. The Bertz CT molecular complexity index is 1090. The number of halogens is 1. The third-order valence-electron chi connectivity index (χ3n) is 3.82. The molecule has 28 heavy (non-hydrogen) atoms. The maximum absolute atomic E-state index is 12.5. The highest BCUT2D eigenvalue weighted by Crippen LogP contribution is 2.25. The predicted octanol–water partition coefficient (Wildman–Crippen LogP) is 4.05. The van der Waals surface area contributed by atoms with Crippen LogP contribution in [0.2, 0.25) is 5.02 Å². The number of benzene rings is 2. The van der Waals surface area contributed by atoms with Crippen molar-refractivity contribution in [2.75, 3.05) is 29.0 Å². The van der Waals surface area contributed by atoms with Gasteiger partial charge in [0, 0.05) is 31.5 Å². The van der Waals surface area contributed by atoms with Gasteiger partial charge in [-0.3, -0.25) is 4.72 Å². The summed E-state index contributed by atoms with van der Waals surface area (Å²) in [7, 11) is 0.0514. The van der Waals surface area contributed by atoms with Crippen molar-refractivity contribution >= 4 is 44.6 Å². The third-order valence-corrected chi connectivity index (χ3v) is 5.70. The van der Waals surface area contributed by atoms with Gasteiger partial charge in [-0.25, -0.2) is 18.4 Å². The molecule has 0 amide bonds. The lowest BCUT2D eigenvalue weighted by molar-refractivity contribution is 0.601. The first kappa shape index (κ1) is 19.9. The molecule has 0 aliphatic rings. The largest absolute Gasteiger partial charge is 0.363 e. The van der Waals surface area contributed by atoms with Crippen LogP contribution in [0, 0.1) is 6.92 Å². The van der Waals surface area contributed by atoms with E-state index < -0.39 is 10.0 Å². The van der Waals surface area contributed by atoms with E-state index >= 15 is 0 Å². The van der Waals surface area contributed by atoms with Crippen LogP contribution in [0.1, 0.15) is 5.82 Å². The normalized spacial score (nSPS) is 11.1. The summed E-state index contributed by atoms with van der Waals surface area (Å²) in [6, 6.07) is 15.0. The van der Waals surface area contributed by atoms with Crippen molar-refractivity contribution in [3.05, 3.63) is 65.4 Å². The van der Waals surface area contributed by atoms with Gasteiger partial charge in [0.1, 0.15) is 22.4 Å². The molecule has 0 atom stereocenters. The van der Waals surface area contributed by atoms with Crippen LogP contribution in [-0.4, -0.2) is 32.5 Å². The molecule has 0 fully saturated rings. The lowest BCUT2D eigenvalue weighted by Gasteiger charge is -2.14. The zero-order valence-corrected chi connectivity index (χ0v) is 17.2. The van der Waals surface area contributed by atoms with Crippen LogP contribution in [0.3, 0.4) is 0 Å². The summed E-state index contributed by atoms with van der Waals surface area (Å²) in [5, 5.41) is 3.37. The molecule has 1 heterocycles. The van der Waals surface area contributed by atoms with Crippen LogP contribution in [0.4, 0.5) is 23.0 Å². The molecular weight excluding hydrogens is 398 g/mol. The van der Waals surface area contributed by atoms with Gasteiger partial charge in [-0.15, -0.1) is 0 Å². The molecule has 9 heteroatoms. The third kappa shape index (κ3) is 4.71. The molecule has 0 saturated carbocycles. The predicted molar refractivity (Wildman–Crippen MR) is 113 cm³/mol. The minimum Gasteiger partial charge on any atom is -0.363 e. The number of sulfonamides is 1. The van der Waals surface area contributed by atoms with Crippen LogP contribution in [-0.2, 0) is 10.0 Å². The zero-order chi connectivity index (χ0) is 20.3. The number of nitrogens with one attached hydrogen (secondary N) is 2. The second-order valence-corrected chi connectivity index (χ2v) is 8.35. The summed E-state index contributed by atoms with van der Waals surface area (Å²) in [4.78, 5) is 10.6. The van der Waals surface area contributed by atoms with Gasteiger partial charge in [0.05, 0.1) is 5.02 Å². The molecule has 0 radical (unpaired) electrons. The Morgan fingerprint density at radius 1 is 0.964 bits per heavy atom. The molecule has 0 unspecified atom stereocenters. The molecule has 1 aromatic heterocycles. The average Bonchev–Trinajstić information content (AvgIpc) is 2.63. The number of rotatable bonds is 6. The van der Waals surface area contributed by atoms with Crippen molar-refractivity contribution in [2.24, 2.45) is 0 Å². The Hall–Kier alpha value is -2.84. The van der Waals surface area contributed by atoms with Crippen molar-refractivity contribution in [1.82, 2.24) is 9.97 Å². The number of hydrogen-bond acceptors (Lipinski definition) is 6. The first-order chi connectivity index (χ1) is 13.2. The van der Waals surface area contributed by atoms with Gasteiger partial charge < -0.3 is 10.2 Å². The number of aryl methyl sites for hydroxylation is 1. The molecule has 3 rings (SSSR count). The quantitative estimate of drug-likeness (QED) is 0.629. The van der Waals surface area contributed by atoms with Crippen molar-refractivity contribution in [3.8, 4) is 0 Å². The Morgan fingerprint density at radius 3 is 2.25 bits per heavy atom. The molecule has 0 aliphatic carbocycles. The number of anilines is 4. The Kier molecular flexibility index (Phi) is 5.71. The lowest BCUT2D eigenvalue weighted by Crippen LogP contribution is -2.13. The molecular formula is C19H20ClN5O2S. The van der Waals surface area contributed by atoms with Gasteiger partial charge in [-0.05, 0) is 43.3 Å². The van der Waals surface area contributed by atoms with E-state index in [4.69, 9.17) is 11.6 Å². The Balaban J connectivity index is 1.76. The maximum atomic E-state index is 12.5. The van der Waals surface area contributed by atoms with Crippen LogP contribution < -0.4 is 14.9 Å². The van der Waals surface area contributed by atoms with Gasteiger partial charge in [0.2, 0.25) is 0 Å². The van der Waals surface area contributed by atoms with Gasteiger partial charge in [0.25, 0.3) is 10.0 Å². The second kappa shape index (κ2) is 8.04. The highest BCUT2D eigenvalue weighted by Gasteiger charge is 2.17. The fraction of sp³-hybridized carbons (Fsp3) is 0.158. The molecule has 0 spiro atoms. The van der Waals surface area contributed by atoms with Crippen LogP contribution in [0.5, 0.6) is 0 Å². The molecule has 3 aromatic rings. The van der Waals surface area contributed by atoms with Crippen molar-refractivity contribution in [3.63, 3.8) is 0 Å². The van der Waals surface area contributed by atoms with E-state index in [-0.39, 0.29) is 9.92 Å². The average molecular weight is 418 g/mol. The van der Waals surface area contributed by atoms with E-state index in [9.17, 15) is 8.42 Å². The summed E-state index contributed by atoms with van der Waals surface area (Å²) in [6.45, 7) is 1.82. The van der Waals surface area contributed by atoms with E-state index in [0.29, 0.717) is 17.3 Å². The minimum absolute atomic E-state index is 0.0338. The van der Waals surface area contributed by atoms with Gasteiger partial charge in [0.15, 0.2) is 0 Å². The summed E-state index contributed by atoms with van der Waals surface area (Å²) < 4.78 is 27.5. The fourth-order valence-corrected chi connectivity index (χ4v) is 4.07. The monoisotopic (exact) mass is 417 g/mol. The summed E-state index contributed by atoms with van der Waals surface area (Å²) in [5.41, 5.74) is 1.20. The van der Waals surface area contributed by atoms with Crippen molar-refractivity contribution < 1.29 is 8.42 Å². The van der Waals surface area contributed by atoms with Gasteiger partial charge in [-0.1, -0.05) is 23.7 Å². The molecule has 0 saturated heterocycles. The van der Waals surface area contributed by atoms with Crippen molar-refractivity contribution in [1.29, 1.82) is 0 Å². The zero-order valence-electron chi connectivity index (χ0n) is 15.6. The molecule has 2 N–H and O–H groups in total. The standard InChI is InChI=1S/C19H20ClN5O2S/c1-13-21-18(12-19(22-13)25(2)3)23-14-8-10-15(11-9-14)24-28(26,27)17-7-5-4-6-16(17)20/h4-12,24H,1-3H3,(H,21,22,23). The summed E-state index contributed by atoms with van der Waals surface area (Å²) in [6.07, 6.45) is 0. The number of aromatic nitrogens is 2. The molecule has 0 aliphatic heterocycles. The highest BCUT2D eigenvalue weighted by molar-refractivity contribution is 7.92. The number of hydrogen-bond donors (Lipinski definition) is 2. The van der Waals surface area contributed by atoms with Crippen LogP contribution >= 0.6 is 11.6 Å². The molecule has 146 valence electrons. The first-order valence-electron chi connectivity index (χ1n) is 8.42. The van der Waals surface area contributed by atoms with E-state index in [1.165, 1.54) is 12.1 Å². The lowest BCUT2D eigenvalue weighted by atomic mass is 10.3. The molecule has 2 aromatic carbocycles. The van der Waals surface area contributed by atoms with E-state index in [2.05, 4.69) is 20.0 Å². The number of nitrogens with zero attached hydrogens (tertiary/aromatic N) is 3. The highest BCUT2D eigenvalue weighted by atomic mass is 35.5. The minimum atomic E-state index is -3.76. The van der Waals surface area contributed by atoms with Crippen molar-refractivity contribution in [2.45, 2.75) is 11.8 Å². The van der Waals surface area contributed by atoms with E-state index in [1.54, 1.807) is 36.4 Å². The van der Waals surface area contributed by atoms with Gasteiger partial charge in [-0.2, -0.15) is 0 Å². The van der Waals surface area contributed by atoms with E-state index in [0.717, 1.165) is 11.5 Å². The van der Waals surface area contributed by atoms with Crippen LogP contribution in [0.25, 0.3) is 0 Å². The SMILES string of the molecule is Cc1nc(Nc2ccc(NS(=O)(=O)c3ccccc3Cl)cc2)cc(N(C)C)n1. The van der Waals surface area contributed by atoms with Gasteiger partial charge >= 0.3 is 0 Å². The van der Waals surface area contributed by atoms with E-state index in [1.807, 2.05) is 32.0 Å². The summed E-state index contributed by atoms with van der Waals surface area (Å²) >= 11 is 5.99. The summed E-state index contributed by atoms with van der Waals surface area (Å²) in [5.74, 6) is 2.09. The fourth-order valence-electron chi connectivity index (χ4n) is 2.49. The second-order valence-electron chi connectivity index (χ2n) is 6.29. The molecule has 0 bridgehead atoms. The molecule has 7 nitrogen and oxygen atoms in total. The maximum Gasteiger partial charge on any atom is 0.263 e.